The first-order valence-corrected chi connectivity index (χ1v) is 8.99. The molecule has 1 amide bonds. The highest BCUT2D eigenvalue weighted by atomic mass is 16.3. The Balaban J connectivity index is 1.82. The predicted octanol–water partition coefficient (Wildman–Crippen LogP) is 3.86. The highest BCUT2D eigenvalue weighted by molar-refractivity contribution is 5.99. The molecule has 1 aromatic heterocycles. The molecule has 4 heteroatoms. The van der Waals surface area contributed by atoms with Crippen LogP contribution in [-0.4, -0.2) is 48.9 Å². The van der Waals surface area contributed by atoms with Gasteiger partial charge in [-0.2, -0.15) is 0 Å². The van der Waals surface area contributed by atoms with Gasteiger partial charge in [0.2, 0.25) is 0 Å². The SMILES string of the molecule is CCCc1ccc2oc(C(=O)N(C)C[C@H]3CCCN3C)c(C)c2c1. The van der Waals surface area contributed by atoms with Crippen LogP contribution < -0.4 is 0 Å². The third-order valence-corrected chi connectivity index (χ3v) is 5.24. The lowest BCUT2D eigenvalue weighted by Gasteiger charge is -2.25. The number of benzene rings is 1. The molecule has 130 valence electrons. The number of carbonyl (C=O) groups excluding carboxylic acids is 1. The number of likely N-dealkylation sites (tertiary alicyclic amines) is 1. The predicted molar refractivity (Wildman–Crippen MR) is 97.6 cm³/mol. The first kappa shape index (κ1) is 17.0. The molecule has 0 radical (unpaired) electrons. The van der Waals surface area contributed by atoms with Crippen LogP contribution >= 0.6 is 0 Å². The van der Waals surface area contributed by atoms with Crippen LogP contribution in [0.5, 0.6) is 0 Å². The summed E-state index contributed by atoms with van der Waals surface area (Å²) in [4.78, 5) is 17.0. The highest BCUT2D eigenvalue weighted by Gasteiger charge is 2.27. The minimum Gasteiger partial charge on any atom is -0.451 e. The normalized spacial score (nSPS) is 18.4. The van der Waals surface area contributed by atoms with E-state index in [1.54, 1.807) is 0 Å². The van der Waals surface area contributed by atoms with Gasteiger partial charge in [0, 0.05) is 30.6 Å². The number of nitrogens with zero attached hydrogens (tertiary/aromatic N) is 2. The van der Waals surface area contributed by atoms with E-state index in [1.165, 1.54) is 12.0 Å². The van der Waals surface area contributed by atoms with Crippen LogP contribution in [0.2, 0.25) is 0 Å². The second-order valence-electron chi connectivity index (χ2n) is 7.10. The summed E-state index contributed by atoms with van der Waals surface area (Å²) in [5.41, 5.74) is 3.07. The van der Waals surface area contributed by atoms with Crippen LogP contribution in [0.1, 0.15) is 47.9 Å². The van der Waals surface area contributed by atoms with Crippen LogP contribution in [0.3, 0.4) is 0 Å². The van der Waals surface area contributed by atoms with Gasteiger partial charge in [-0.05, 0) is 57.5 Å². The Labute approximate surface area is 144 Å². The summed E-state index contributed by atoms with van der Waals surface area (Å²) in [5, 5.41) is 1.07. The molecule has 1 aromatic carbocycles. The number of hydrogen-bond acceptors (Lipinski definition) is 3. The molecule has 0 unspecified atom stereocenters. The standard InChI is InChI=1S/C20H28N2O2/c1-5-7-15-9-10-18-17(12-15)14(2)19(24-18)20(23)22(4)13-16-8-6-11-21(16)3/h9-10,12,16H,5-8,11,13H2,1-4H3/t16-/m1/s1. The van der Waals surface area contributed by atoms with Gasteiger partial charge in [-0.3, -0.25) is 4.79 Å². The number of likely N-dealkylation sites (N-methyl/N-ethyl adjacent to an activating group) is 2. The van der Waals surface area contributed by atoms with Crippen molar-refractivity contribution in [2.45, 2.75) is 45.6 Å². The van der Waals surface area contributed by atoms with E-state index in [2.05, 4.69) is 31.0 Å². The van der Waals surface area contributed by atoms with Crippen molar-refractivity contribution >= 4 is 16.9 Å². The van der Waals surface area contributed by atoms with E-state index in [1.807, 2.05) is 24.9 Å². The van der Waals surface area contributed by atoms with Gasteiger partial charge < -0.3 is 14.2 Å². The van der Waals surface area contributed by atoms with Gasteiger partial charge in [0.05, 0.1) is 0 Å². The molecule has 24 heavy (non-hydrogen) atoms. The molecule has 1 atom stereocenters. The number of aryl methyl sites for hydroxylation is 2. The summed E-state index contributed by atoms with van der Waals surface area (Å²) in [6.07, 6.45) is 4.55. The smallest absolute Gasteiger partial charge is 0.289 e. The number of carbonyl (C=O) groups is 1. The van der Waals surface area contributed by atoms with Gasteiger partial charge in [-0.15, -0.1) is 0 Å². The van der Waals surface area contributed by atoms with Crippen LogP contribution in [0.25, 0.3) is 11.0 Å². The molecule has 1 fully saturated rings. The zero-order valence-electron chi connectivity index (χ0n) is 15.3. The van der Waals surface area contributed by atoms with Crippen molar-refractivity contribution in [2.75, 3.05) is 27.2 Å². The van der Waals surface area contributed by atoms with Crippen molar-refractivity contribution in [2.24, 2.45) is 0 Å². The molecule has 4 nitrogen and oxygen atoms in total. The maximum absolute atomic E-state index is 12.9. The highest BCUT2D eigenvalue weighted by Crippen LogP contribution is 2.28. The third-order valence-electron chi connectivity index (χ3n) is 5.24. The van der Waals surface area contributed by atoms with Crippen molar-refractivity contribution in [3.05, 3.63) is 35.1 Å². The Morgan fingerprint density at radius 3 is 2.88 bits per heavy atom. The Bertz CT molecular complexity index is 735. The quantitative estimate of drug-likeness (QED) is 0.836. The van der Waals surface area contributed by atoms with E-state index in [0.29, 0.717) is 11.8 Å². The molecule has 0 aliphatic carbocycles. The van der Waals surface area contributed by atoms with Gasteiger partial charge in [-0.25, -0.2) is 0 Å². The third kappa shape index (κ3) is 3.20. The Morgan fingerprint density at radius 2 is 2.21 bits per heavy atom. The van der Waals surface area contributed by atoms with E-state index in [9.17, 15) is 4.79 Å². The summed E-state index contributed by atoms with van der Waals surface area (Å²) in [7, 11) is 4.02. The minimum absolute atomic E-state index is 0.0129. The van der Waals surface area contributed by atoms with Crippen molar-refractivity contribution in [1.29, 1.82) is 0 Å². The maximum atomic E-state index is 12.9. The van der Waals surface area contributed by atoms with E-state index in [4.69, 9.17) is 4.42 Å². The molecule has 0 N–H and O–H groups in total. The molecule has 0 spiro atoms. The number of amides is 1. The van der Waals surface area contributed by atoms with E-state index in [-0.39, 0.29) is 5.91 Å². The molecule has 1 saturated heterocycles. The molecule has 0 bridgehead atoms. The molecular formula is C20H28N2O2. The summed E-state index contributed by atoms with van der Waals surface area (Å²) in [6, 6.07) is 6.72. The van der Waals surface area contributed by atoms with Gasteiger partial charge in [-0.1, -0.05) is 19.4 Å². The fourth-order valence-corrected chi connectivity index (χ4v) is 3.70. The monoisotopic (exact) mass is 328 g/mol. The number of rotatable bonds is 5. The van der Waals surface area contributed by atoms with Gasteiger partial charge in [0.1, 0.15) is 5.58 Å². The number of furan rings is 1. The lowest BCUT2D eigenvalue weighted by atomic mass is 10.1. The topological polar surface area (TPSA) is 36.7 Å². The van der Waals surface area contributed by atoms with E-state index < -0.39 is 0 Å². The van der Waals surface area contributed by atoms with Crippen molar-refractivity contribution in [3.8, 4) is 0 Å². The second-order valence-corrected chi connectivity index (χ2v) is 7.10. The number of hydrogen-bond donors (Lipinski definition) is 0. The molecule has 1 aliphatic rings. The zero-order chi connectivity index (χ0) is 17.3. The van der Waals surface area contributed by atoms with Crippen LogP contribution in [0, 0.1) is 6.92 Å². The van der Waals surface area contributed by atoms with E-state index >= 15 is 0 Å². The van der Waals surface area contributed by atoms with Gasteiger partial charge >= 0.3 is 0 Å². The van der Waals surface area contributed by atoms with Crippen molar-refractivity contribution in [3.63, 3.8) is 0 Å². The molecule has 3 rings (SSSR count). The fraction of sp³-hybridized carbons (Fsp3) is 0.550. The molecule has 1 aliphatic heterocycles. The van der Waals surface area contributed by atoms with Crippen LogP contribution in [0.15, 0.2) is 22.6 Å². The summed E-state index contributed by atoms with van der Waals surface area (Å²) >= 11 is 0. The molecule has 0 saturated carbocycles. The molecule has 2 heterocycles. The first-order chi connectivity index (χ1) is 11.5. The summed E-state index contributed by atoms with van der Waals surface area (Å²) < 4.78 is 5.90. The Morgan fingerprint density at radius 1 is 1.42 bits per heavy atom. The minimum atomic E-state index is -0.0129. The van der Waals surface area contributed by atoms with Crippen LogP contribution in [0.4, 0.5) is 0 Å². The van der Waals surface area contributed by atoms with Crippen molar-refractivity contribution < 1.29 is 9.21 Å². The lowest BCUT2D eigenvalue weighted by molar-refractivity contribution is 0.0731. The maximum Gasteiger partial charge on any atom is 0.289 e. The fourth-order valence-electron chi connectivity index (χ4n) is 3.70. The molecular weight excluding hydrogens is 300 g/mol. The Kier molecular flexibility index (Phi) is 4.95. The second kappa shape index (κ2) is 6.98. The first-order valence-electron chi connectivity index (χ1n) is 8.99. The summed E-state index contributed by atoms with van der Waals surface area (Å²) in [6.45, 7) is 6.05. The molecule has 2 aromatic rings. The lowest BCUT2D eigenvalue weighted by Crippen LogP contribution is -2.39. The summed E-state index contributed by atoms with van der Waals surface area (Å²) in [5.74, 6) is 0.475. The van der Waals surface area contributed by atoms with Gasteiger partial charge in [0.25, 0.3) is 5.91 Å². The van der Waals surface area contributed by atoms with Gasteiger partial charge in [0.15, 0.2) is 5.76 Å². The van der Waals surface area contributed by atoms with Crippen molar-refractivity contribution in [1.82, 2.24) is 9.80 Å². The zero-order valence-corrected chi connectivity index (χ0v) is 15.3. The van der Waals surface area contributed by atoms with E-state index in [0.717, 1.165) is 48.9 Å². The number of fused-ring (bicyclic) bond motifs is 1. The Hall–Kier alpha value is -1.81. The van der Waals surface area contributed by atoms with Crippen LogP contribution in [-0.2, 0) is 6.42 Å². The largest absolute Gasteiger partial charge is 0.451 e. The average molecular weight is 328 g/mol. The average Bonchev–Trinajstić information content (AvgIpc) is 3.11.